The van der Waals surface area contributed by atoms with Gasteiger partial charge in [-0.2, -0.15) is 0 Å². The molecule has 0 radical (unpaired) electrons. The molecule has 0 saturated heterocycles. The maximum atomic E-state index is 10.5. The highest BCUT2D eigenvalue weighted by atomic mass is 16.5. The van der Waals surface area contributed by atoms with Crippen LogP contribution in [0.4, 0.5) is 5.69 Å². The Kier molecular flexibility index (Phi) is 2.66. The zero-order chi connectivity index (χ0) is 8.97. The summed E-state index contributed by atoms with van der Waals surface area (Å²) in [5, 5.41) is 10.1. The SMILES string of the molecule is CC(=O)Oc1ccc(N[O-])cc1. The fraction of sp³-hybridized carbons (Fsp3) is 0.125. The van der Waals surface area contributed by atoms with Crippen molar-refractivity contribution >= 4 is 11.7 Å². The molecule has 0 aliphatic heterocycles. The number of anilines is 1. The summed E-state index contributed by atoms with van der Waals surface area (Å²) in [6, 6.07) is 6.15. The first-order valence-electron chi connectivity index (χ1n) is 3.39. The average molecular weight is 166 g/mol. The van der Waals surface area contributed by atoms with Gasteiger partial charge < -0.3 is 15.4 Å². The van der Waals surface area contributed by atoms with Crippen LogP contribution in [0.1, 0.15) is 6.92 Å². The molecule has 0 aliphatic rings. The second kappa shape index (κ2) is 3.73. The minimum atomic E-state index is -0.377. The number of ether oxygens (including phenoxy) is 1. The molecule has 0 heterocycles. The monoisotopic (exact) mass is 166 g/mol. The van der Waals surface area contributed by atoms with Crippen LogP contribution in [-0.4, -0.2) is 5.97 Å². The van der Waals surface area contributed by atoms with E-state index in [2.05, 4.69) is 0 Å². The van der Waals surface area contributed by atoms with E-state index in [1.54, 1.807) is 17.6 Å². The molecule has 0 aromatic heterocycles. The van der Waals surface area contributed by atoms with Gasteiger partial charge in [0, 0.05) is 12.6 Å². The highest BCUT2D eigenvalue weighted by Gasteiger charge is 1.95. The number of carbonyl (C=O) groups excluding carboxylic acids is 1. The van der Waals surface area contributed by atoms with Crippen LogP contribution in [-0.2, 0) is 4.79 Å². The highest BCUT2D eigenvalue weighted by Crippen LogP contribution is 2.14. The van der Waals surface area contributed by atoms with E-state index in [1.807, 2.05) is 0 Å². The topological polar surface area (TPSA) is 61.4 Å². The Labute approximate surface area is 69.7 Å². The van der Waals surface area contributed by atoms with Crippen molar-refractivity contribution in [1.82, 2.24) is 0 Å². The van der Waals surface area contributed by atoms with E-state index < -0.39 is 0 Å². The number of esters is 1. The quantitative estimate of drug-likeness (QED) is 0.411. The molecule has 64 valence electrons. The van der Waals surface area contributed by atoms with E-state index in [1.165, 1.54) is 19.1 Å². The Morgan fingerprint density at radius 3 is 2.42 bits per heavy atom. The fourth-order valence-electron chi connectivity index (χ4n) is 0.757. The molecular formula is C8H8NO3-. The lowest BCUT2D eigenvalue weighted by atomic mass is 10.3. The molecule has 1 aromatic carbocycles. The van der Waals surface area contributed by atoms with Crippen molar-refractivity contribution in [3.63, 3.8) is 0 Å². The summed E-state index contributed by atoms with van der Waals surface area (Å²) in [6.45, 7) is 1.32. The molecule has 0 bridgehead atoms. The van der Waals surface area contributed by atoms with Crippen LogP contribution in [0.5, 0.6) is 5.75 Å². The van der Waals surface area contributed by atoms with Crippen LogP contribution in [0, 0.1) is 5.21 Å². The number of hydrogen-bond acceptors (Lipinski definition) is 4. The molecule has 1 N–H and O–H groups in total. The van der Waals surface area contributed by atoms with Gasteiger partial charge >= 0.3 is 5.97 Å². The zero-order valence-corrected chi connectivity index (χ0v) is 6.53. The third-order valence-corrected chi connectivity index (χ3v) is 1.23. The highest BCUT2D eigenvalue weighted by molar-refractivity contribution is 5.69. The van der Waals surface area contributed by atoms with Crippen molar-refractivity contribution in [3.05, 3.63) is 29.5 Å². The van der Waals surface area contributed by atoms with Crippen molar-refractivity contribution in [2.24, 2.45) is 0 Å². The number of benzene rings is 1. The van der Waals surface area contributed by atoms with E-state index >= 15 is 0 Å². The third kappa shape index (κ3) is 2.25. The maximum Gasteiger partial charge on any atom is 0.308 e. The Morgan fingerprint density at radius 1 is 1.42 bits per heavy atom. The maximum absolute atomic E-state index is 10.5. The molecule has 0 saturated carbocycles. The number of nitrogens with one attached hydrogen (secondary N) is 1. The zero-order valence-electron chi connectivity index (χ0n) is 6.53. The summed E-state index contributed by atoms with van der Waals surface area (Å²) in [5.74, 6) is 0.0549. The summed E-state index contributed by atoms with van der Waals surface area (Å²) in [7, 11) is 0. The summed E-state index contributed by atoms with van der Waals surface area (Å²) < 4.78 is 4.74. The smallest absolute Gasteiger partial charge is 0.308 e. The standard InChI is InChI=1S/C8H8NO3/c1-6(10)12-8-4-2-7(9-11)3-5-8/h2-5,9H,1H3/q-1. The van der Waals surface area contributed by atoms with Gasteiger partial charge in [0.05, 0.1) is 0 Å². The molecule has 0 aliphatic carbocycles. The predicted molar refractivity (Wildman–Crippen MR) is 44.7 cm³/mol. The minimum absolute atomic E-state index is 0.377. The van der Waals surface area contributed by atoms with Crippen LogP contribution >= 0.6 is 0 Å². The first-order valence-corrected chi connectivity index (χ1v) is 3.39. The van der Waals surface area contributed by atoms with Crippen LogP contribution in [0.3, 0.4) is 0 Å². The molecule has 0 unspecified atom stereocenters. The van der Waals surface area contributed by atoms with Gasteiger partial charge in [-0.05, 0) is 24.3 Å². The van der Waals surface area contributed by atoms with Crippen LogP contribution < -0.4 is 10.2 Å². The number of hydrogen-bond donors (Lipinski definition) is 1. The molecule has 1 rings (SSSR count). The first kappa shape index (κ1) is 8.55. The van der Waals surface area contributed by atoms with Gasteiger partial charge in [-0.15, -0.1) is 0 Å². The van der Waals surface area contributed by atoms with E-state index in [0.717, 1.165) is 0 Å². The van der Waals surface area contributed by atoms with Gasteiger partial charge in [0.2, 0.25) is 0 Å². The van der Waals surface area contributed by atoms with Gasteiger partial charge in [-0.1, -0.05) is 0 Å². The van der Waals surface area contributed by atoms with Gasteiger partial charge in [-0.25, -0.2) is 0 Å². The molecule has 4 nitrogen and oxygen atoms in total. The lowest BCUT2D eigenvalue weighted by Crippen LogP contribution is -2.00. The Balaban J connectivity index is 2.71. The minimum Gasteiger partial charge on any atom is -0.761 e. The molecular weight excluding hydrogens is 158 g/mol. The lowest BCUT2D eigenvalue weighted by Gasteiger charge is -2.08. The van der Waals surface area contributed by atoms with Crippen LogP contribution in [0.2, 0.25) is 0 Å². The van der Waals surface area contributed by atoms with Crippen LogP contribution in [0.25, 0.3) is 0 Å². The van der Waals surface area contributed by atoms with Gasteiger partial charge in [-0.3, -0.25) is 4.79 Å². The summed E-state index contributed by atoms with van der Waals surface area (Å²) >= 11 is 0. The van der Waals surface area contributed by atoms with Gasteiger partial charge in [0.15, 0.2) is 0 Å². The van der Waals surface area contributed by atoms with Crippen LogP contribution in [0.15, 0.2) is 24.3 Å². The number of carbonyl (C=O) groups is 1. The Hall–Kier alpha value is -1.55. The summed E-state index contributed by atoms with van der Waals surface area (Å²) in [5.41, 5.74) is 2.15. The Morgan fingerprint density at radius 2 is 2.00 bits per heavy atom. The van der Waals surface area contributed by atoms with Crippen molar-refractivity contribution in [3.8, 4) is 5.75 Å². The second-order valence-electron chi connectivity index (χ2n) is 2.22. The first-order chi connectivity index (χ1) is 5.72. The number of rotatable bonds is 2. The van der Waals surface area contributed by atoms with Crippen molar-refractivity contribution in [2.75, 3.05) is 5.48 Å². The predicted octanol–water partition coefficient (Wildman–Crippen LogP) is 1.52. The largest absolute Gasteiger partial charge is 0.761 e. The molecule has 0 fully saturated rings. The van der Waals surface area contributed by atoms with Crippen molar-refractivity contribution < 1.29 is 9.53 Å². The van der Waals surface area contributed by atoms with Gasteiger partial charge in [0.1, 0.15) is 5.75 Å². The van der Waals surface area contributed by atoms with E-state index in [-0.39, 0.29) is 5.97 Å². The molecule has 4 heteroatoms. The summed E-state index contributed by atoms with van der Waals surface area (Å²) in [4.78, 5) is 10.5. The molecule has 1 aromatic rings. The molecule has 0 amide bonds. The third-order valence-electron chi connectivity index (χ3n) is 1.23. The molecule has 12 heavy (non-hydrogen) atoms. The second-order valence-corrected chi connectivity index (χ2v) is 2.22. The fourth-order valence-corrected chi connectivity index (χ4v) is 0.757. The van der Waals surface area contributed by atoms with Crippen molar-refractivity contribution in [2.45, 2.75) is 6.92 Å². The van der Waals surface area contributed by atoms with E-state index in [9.17, 15) is 10.0 Å². The van der Waals surface area contributed by atoms with E-state index in [0.29, 0.717) is 11.4 Å². The van der Waals surface area contributed by atoms with E-state index in [4.69, 9.17) is 4.74 Å². The molecule has 0 atom stereocenters. The Bertz CT molecular complexity index is 268. The lowest BCUT2D eigenvalue weighted by molar-refractivity contribution is -0.131. The summed E-state index contributed by atoms with van der Waals surface area (Å²) in [6.07, 6.45) is 0. The molecule has 0 spiro atoms. The normalized spacial score (nSPS) is 9.17. The average Bonchev–Trinajstić information content (AvgIpc) is 2.05. The van der Waals surface area contributed by atoms with Crippen molar-refractivity contribution in [1.29, 1.82) is 0 Å². The van der Waals surface area contributed by atoms with Gasteiger partial charge in [0.25, 0.3) is 0 Å².